The first-order chi connectivity index (χ1) is 20.4. The summed E-state index contributed by atoms with van der Waals surface area (Å²) in [7, 11) is 0. The lowest BCUT2D eigenvalue weighted by Gasteiger charge is -2.20. The summed E-state index contributed by atoms with van der Waals surface area (Å²) in [5, 5.41) is 8.23. The fraction of sp³-hybridized carbons (Fsp3) is 0.114. The highest BCUT2D eigenvalue weighted by atomic mass is 32.1. The van der Waals surface area contributed by atoms with Gasteiger partial charge in [0, 0.05) is 0 Å². The van der Waals surface area contributed by atoms with Crippen molar-refractivity contribution in [2.24, 2.45) is 11.5 Å². The topological polar surface area (TPSA) is 111 Å². The monoisotopic (exact) mass is 570 g/mol. The molecule has 0 aliphatic heterocycles. The number of carbonyl (C=O) groups is 2. The molecule has 0 saturated carbocycles. The molecule has 2 amide bonds. The number of rotatable bonds is 9. The highest BCUT2D eigenvalue weighted by Gasteiger charge is 2.26. The van der Waals surface area contributed by atoms with E-state index >= 15 is 0 Å². The summed E-state index contributed by atoms with van der Waals surface area (Å²) in [5.41, 5.74) is 15.3. The minimum atomic E-state index is -0.769. The van der Waals surface area contributed by atoms with Crippen molar-refractivity contribution >= 4 is 44.7 Å². The van der Waals surface area contributed by atoms with Gasteiger partial charge in [-0.25, -0.2) is 4.98 Å². The molecule has 0 saturated heterocycles. The van der Waals surface area contributed by atoms with Crippen molar-refractivity contribution in [3.63, 3.8) is 0 Å². The minimum absolute atomic E-state index is 0.194. The molecule has 42 heavy (non-hydrogen) atoms. The lowest BCUT2D eigenvalue weighted by atomic mass is 10.00. The van der Waals surface area contributed by atoms with E-state index in [2.05, 4.69) is 52.8 Å². The number of nitrogens with zero attached hydrogens (tertiary/aromatic N) is 1. The van der Waals surface area contributed by atoms with Gasteiger partial charge in [0.25, 0.3) is 5.91 Å². The quantitative estimate of drug-likeness (QED) is 0.193. The van der Waals surface area contributed by atoms with Gasteiger partial charge in [0.1, 0.15) is 10.7 Å². The van der Waals surface area contributed by atoms with Crippen molar-refractivity contribution in [1.82, 2.24) is 10.3 Å². The number of thiazole rings is 1. The number of aromatic nitrogens is 1. The van der Waals surface area contributed by atoms with Crippen molar-refractivity contribution in [2.45, 2.75) is 24.9 Å². The number of benzene rings is 5. The summed E-state index contributed by atoms with van der Waals surface area (Å²) < 4.78 is 0. The molecule has 208 valence electrons. The number of hydrogen-bond acceptors (Lipinski definition) is 5. The third-order valence-electron chi connectivity index (χ3n) is 7.39. The standard InChI is InChI=1S/C35H30N4O2S/c36-29(20-22-14-16-24-8-4-6-12-27(24)18-22)34(41)38-30(21-23-15-17-25-9-5-7-13-28(25)19-23)35-39-31(33(37)40)32(42-35)26-10-2-1-3-11-26/h1-19,29-30H,20-21,36H2,(H2,37,40)(H,38,41). The Balaban J connectivity index is 1.31. The van der Waals surface area contributed by atoms with Gasteiger partial charge in [-0.15, -0.1) is 11.3 Å². The molecule has 0 spiro atoms. The molecule has 5 N–H and O–H groups in total. The van der Waals surface area contributed by atoms with Gasteiger partial charge in [0.15, 0.2) is 0 Å². The van der Waals surface area contributed by atoms with Crippen LogP contribution in [0.1, 0.15) is 32.7 Å². The summed E-state index contributed by atoms with van der Waals surface area (Å²) in [5.74, 6) is -0.897. The van der Waals surface area contributed by atoms with Crippen LogP contribution in [0.25, 0.3) is 32.0 Å². The molecule has 0 radical (unpaired) electrons. The molecule has 6 rings (SSSR count). The highest BCUT2D eigenvalue weighted by molar-refractivity contribution is 7.15. The zero-order chi connectivity index (χ0) is 29.1. The summed E-state index contributed by atoms with van der Waals surface area (Å²) >= 11 is 1.36. The average Bonchev–Trinajstić information content (AvgIpc) is 3.47. The summed E-state index contributed by atoms with van der Waals surface area (Å²) in [6.07, 6.45) is 0.859. The van der Waals surface area contributed by atoms with Gasteiger partial charge in [-0.1, -0.05) is 115 Å². The van der Waals surface area contributed by atoms with E-state index in [0.29, 0.717) is 22.7 Å². The van der Waals surface area contributed by atoms with Crippen molar-refractivity contribution in [1.29, 1.82) is 0 Å². The van der Waals surface area contributed by atoms with Gasteiger partial charge in [0.05, 0.1) is 17.0 Å². The van der Waals surface area contributed by atoms with E-state index < -0.39 is 18.0 Å². The Morgan fingerprint density at radius 2 is 1.26 bits per heavy atom. The van der Waals surface area contributed by atoms with E-state index in [1.807, 2.05) is 72.8 Å². The van der Waals surface area contributed by atoms with Crippen LogP contribution in [0.15, 0.2) is 115 Å². The minimum Gasteiger partial charge on any atom is -0.364 e. The predicted octanol–water partition coefficient (Wildman–Crippen LogP) is 6.19. The predicted molar refractivity (Wildman–Crippen MR) is 170 cm³/mol. The number of carbonyl (C=O) groups excluding carboxylic acids is 2. The van der Waals surface area contributed by atoms with Crippen LogP contribution < -0.4 is 16.8 Å². The normalized spacial score (nSPS) is 12.7. The summed E-state index contributed by atoms with van der Waals surface area (Å²) in [6, 6.07) is 36.9. The molecule has 0 aliphatic carbocycles. The van der Waals surface area contributed by atoms with Gasteiger partial charge in [0.2, 0.25) is 5.91 Å². The zero-order valence-electron chi connectivity index (χ0n) is 22.9. The number of hydrogen-bond donors (Lipinski definition) is 3. The Morgan fingerprint density at radius 3 is 1.86 bits per heavy atom. The van der Waals surface area contributed by atoms with Crippen LogP contribution in [-0.4, -0.2) is 22.8 Å². The van der Waals surface area contributed by atoms with Crippen molar-refractivity contribution in [2.75, 3.05) is 0 Å². The average molecular weight is 571 g/mol. The summed E-state index contributed by atoms with van der Waals surface area (Å²) in [6.45, 7) is 0. The van der Waals surface area contributed by atoms with E-state index in [9.17, 15) is 9.59 Å². The first-order valence-corrected chi connectivity index (χ1v) is 14.6. The molecular weight excluding hydrogens is 540 g/mol. The lowest BCUT2D eigenvalue weighted by Crippen LogP contribution is -2.44. The molecule has 2 unspecified atom stereocenters. The molecule has 1 aromatic heterocycles. The Morgan fingerprint density at radius 1 is 0.714 bits per heavy atom. The Hall–Kier alpha value is -4.85. The Bertz CT molecular complexity index is 1900. The van der Waals surface area contributed by atoms with Gasteiger partial charge in [-0.3, -0.25) is 9.59 Å². The second-order valence-corrected chi connectivity index (χ2v) is 11.4. The molecule has 6 aromatic rings. The summed E-state index contributed by atoms with van der Waals surface area (Å²) in [4.78, 5) is 31.3. The number of fused-ring (bicyclic) bond motifs is 2. The van der Waals surface area contributed by atoms with Crippen LogP contribution in [0, 0.1) is 0 Å². The third-order valence-corrected chi connectivity index (χ3v) is 8.61. The van der Waals surface area contributed by atoms with E-state index in [1.165, 1.54) is 11.3 Å². The van der Waals surface area contributed by atoms with E-state index in [0.717, 1.165) is 38.2 Å². The number of nitrogens with two attached hydrogens (primary N) is 2. The zero-order valence-corrected chi connectivity index (χ0v) is 23.7. The van der Waals surface area contributed by atoms with Crippen molar-refractivity contribution in [3.8, 4) is 10.4 Å². The molecule has 0 fully saturated rings. The third kappa shape index (κ3) is 5.93. The lowest BCUT2D eigenvalue weighted by molar-refractivity contribution is -0.123. The van der Waals surface area contributed by atoms with E-state index in [4.69, 9.17) is 11.5 Å². The maximum Gasteiger partial charge on any atom is 0.268 e. The van der Waals surface area contributed by atoms with Gasteiger partial charge in [-0.05, 0) is 51.1 Å². The highest BCUT2D eigenvalue weighted by Crippen LogP contribution is 2.34. The molecular formula is C35H30N4O2S. The van der Waals surface area contributed by atoms with Crippen molar-refractivity contribution < 1.29 is 9.59 Å². The smallest absolute Gasteiger partial charge is 0.268 e. The largest absolute Gasteiger partial charge is 0.364 e. The molecule has 0 aliphatic rings. The van der Waals surface area contributed by atoms with Crippen LogP contribution in [0.5, 0.6) is 0 Å². The maximum absolute atomic E-state index is 13.5. The maximum atomic E-state index is 13.5. The number of nitrogens with one attached hydrogen (secondary N) is 1. The number of amides is 2. The van der Waals surface area contributed by atoms with Crippen LogP contribution >= 0.6 is 11.3 Å². The Labute approximate surface area is 248 Å². The Kier molecular flexibility index (Phi) is 7.77. The number of primary amides is 1. The SMILES string of the molecule is NC(=O)c1nc(C(Cc2ccc3ccccc3c2)NC(=O)C(N)Cc2ccc3ccccc3c2)sc1-c1ccccc1. The van der Waals surface area contributed by atoms with Crippen LogP contribution in [-0.2, 0) is 17.6 Å². The molecule has 7 heteroatoms. The fourth-order valence-corrected chi connectivity index (χ4v) is 6.36. The first-order valence-electron chi connectivity index (χ1n) is 13.8. The van der Waals surface area contributed by atoms with Gasteiger partial charge < -0.3 is 16.8 Å². The van der Waals surface area contributed by atoms with Gasteiger partial charge >= 0.3 is 0 Å². The molecule has 1 heterocycles. The molecule has 5 aromatic carbocycles. The van der Waals surface area contributed by atoms with Crippen molar-refractivity contribution in [3.05, 3.63) is 137 Å². The van der Waals surface area contributed by atoms with E-state index in [1.54, 1.807) is 0 Å². The molecule has 6 nitrogen and oxygen atoms in total. The van der Waals surface area contributed by atoms with Crippen LogP contribution in [0.2, 0.25) is 0 Å². The second-order valence-electron chi connectivity index (χ2n) is 10.4. The first kappa shape index (κ1) is 27.3. The van der Waals surface area contributed by atoms with E-state index in [-0.39, 0.29) is 11.6 Å². The van der Waals surface area contributed by atoms with Crippen LogP contribution in [0.3, 0.4) is 0 Å². The fourth-order valence-electron chi connectivity index (χ4n) is 5.23. The van der Waals surface area contributed by atoms with Crippen LogP contribution in [0.4, 0.5) is 0 Å². The second kappa shape index (κ2) is 11.9. The molecule has 2 atom stereocenters. The molecule has 0 bridgehead atoms. The van der Waals surface area contributed by atoms with Gasteiger partial charge in [-0.2, -0.15) is 0 Å².